The van der Waals surface area contributed by atoms with E-state index in [1.54, 1.807) is 6.08 Å². The third kappa shape index (κ3) is 0.954. The van der Waals surface area contributed by atoms with Crippen LogP contribution < -0.4 is 0 Å². The smallest absolute Gasteiger partial charge is 0.234 e. The molecule has 1 saturated carbocycles. The van der Waals surface area contributed by atoms with Gasteiger partial charge in [-0.05, 0) is 18.3 Å². The van der Waals surface area contributed by atoms with E-state index in [1.807, 2.05) is 0 Å². The van der Waals surface area contributed by atoms with E-state index >= 15 is 0 Å². The number of carbonyl (C=O) groups excluding carboxylic acids is 2. The Morgan fingerprint density at radius 3 is 2.27 bits per heavy atom. The monoisotopic (exact) mass is 203 g/mol. The predicted octanol–water partition coefficient (Wildman–Crippen LogP) is 0.979. The molecular formula is C12H13NO2. The van der Waals surface area contributed by atoms with Crippen LogP contribution in [-0.4, -0.2) is 23.3 Å². The number of imide groups is 1. The number of fused-ring (bicyclic) bond motifs is 5. The molecule has 2 aliphatic carbocycles. The second-order valence-corrected chi connectivity index (χ2v) is 4.58. The number of amides is 2. The van der Waals surface area contributed by atoms with E-state index in [4.69, 9.17) is 0 Å². The Kier molecular flexibility index (Phi) is 1.67. The lowest BCUT2D eigenvalue weighted by Crippen LogP contribution is -2.32. The van der Waals surface area contributed by atoms with Crippen molar-refractivity contribution < 1.29 is 9.59 Å². The molecule has 1 aliphatic heterocycles. The summed E-state index contributed by atoms with van der Waals surface area (Å²) in [5, 5.41) is 0. The van der Waals surface area contributed by atoms with Crippen LogP contribution >= 0.6 is 0 Å². The molecule has 0 aromatic carbocycles. The topological polar surface area (TPSA) is 37.4 Å². The average molecular weight is 203 g/mol. The zero-order chi connectivity index (χ0) is 10.6. The van der Waals surface area contributed by atoms with Crippen molar-refractivity contribution in [3.05, 3.63) is 24.8 Å². The predicted molar refractivity (Wildman–Crippen MR) is 54.6 cm³/mol. The van der Waals surface area contributed by atoms with Gasteiger partial charge < -0.3 is 0 Å². The van der Waals surface area contributed by atoms with Crippen LogP contribution in [0.1, 0.15) is 6.42 Å². The first-order valence-corrected chi connectivity index (χ1v) is 5.38. The summed E-state index contributed by atoms with van der Waals surface area (Å²) in [6.45, 7) is 3.94. The Hall–Kier alpha value is -1.38. The minimum absolute atomic E-state index is 0.0155. The zero-order valence-electron chi connectivity index (χ0n) is 8.43. The maximum atomic E-state index is 12.0. The van der Waals surface area contributed by atoms with Crippen molar-refractivity contribution in [3.8, 4) is 0 Å². The summed E-state index contributed by atoms with van der Waals surface area (Å²) in [7, 11) is 0. The van der Waals surface area contributed by atoms with Crippen LogP contribution in [0.5, 0.6) is 0 Å². The summed E-state index contributed by atoms with van der Waals surface area (Å²) in [4.78, 5) is 25.4. The third-order valence-electron chi connectivity index (χ3n) is 3.87. The van der Waals surface area contributed by atoms with Crippen LogP contribution in [0.15, 0.2) is 24.8 Å². The SMILES string of the molecule is C=CCN1C(=O)[C@@H]2[C@H](C1=O)[C@@H]1C=C[C@H]2C1. The molecule has 3 heteroatoms. The van der Waals surface area contributed by atoms with E-state index in [1.165, 1.54) is 4.90 Å². The molecule has 2 amide bonds. The van der Waals surface area contributed by atoms with Crippen LogP contribution in [0.4, 0.5) is 0 Å². The molecule has 3 rings (SSSR count). The second kappa shape index (κ2) is 2.81. The molecule has 0 aromatic rings. The Morgan fingerprint density at radius 2 is 1.80 bits per heavy atom. The summed E-state index contributed by atoms with van der Waals surface area (Å²) in [5.41, 5.74) is 0. The maximum absolute atomic E-state index is 12.0. The van der Waals surface area contributed by atoms with E-state index in [0.717, 1.165) is 6.42 Å². The lowest BCUT2D eigenvalue weighted by molar-refractivity contribution is -0.140. The molecule has 2 fully saturated rings. The third-order valence-corrected chi connectivity index (χ3v) is 3.87. The number of rotatable bonds is 2. The largest absolute Gasteiger partial charge is 0.278 e. The highest BCUT2D eigenvalue weighted by molar-refractivity contribution is 6.06. The normalized spacial score (nSPS) is 41.5. The van der Waals surface area contributed by atoms with Gasteiger partial charge in [0.2, 0.25) is 11.8 Å². The summed E-state index contributed by atoms with van der Waals surface area (Å²) < 4.78 is 0. The quantitative estimate of drug-likeness (QED) is 0.495. The van der Waals surface area contributed by atoms with E-state index in [2.05, 4.69) is 18.7 Å². The first-order valence-electron chi connectivity index (χ1n) is 5.38. The molecular weight excluding hydrogens is 190 g/mol. The van der Waals surface area contributed by atoms with Crippen molar-refractivity contribution in [1.82, 2.24) is 4.90 Å². The molecule has 1 saturated heterocycles. The first kappa shape index (κ1) is 8.89. The van der Waals surface area contributed by atoms with E-state index < -0.39 is 0 Å². The Morgan fingerprint density at radius 1 is 1.27 bits per heavy atom. The number of nitrogens with zero attached hydrogens (tertiary/aromatic N) is 1. The molecule has 0 N–H and O–H groups in total. The number of hydrogen-bond donors (Lipinski definition) is 0. The van der Waals surface area contributed by atoms with Gasteiger partial charge in [-0.15, -0.1) is 6.58 Å². The highest BCUT2D eigenvalue weighted by Crippen LogP contribution is 2.52. The Balaban J connectivity index is 1.96. The molecule has 0 unspecified atom stereocenters. The van der Waals surface area contributed by atoms with E-state index in [-0.39, 0.29) is 23.7 Å². The summed E-state index contributed by atoms with van der Waals surface area (Å²) in [5.74, 6) is 0.529. The zero-order valence-corrected chi connectivity index (χ0v) is 8.43. The maximum Gasteiger partial charge on any atom is 0.234 e. The van der Waals surface area contributed by atoms with Crippen LogP contribution in [0.3, 0.4) is 0 Å². The van der Waals surface area contributed by atoms with Gasteiger partial charge in [0.15, 0.2) is 0 Å². The molecule has 3 aliphatic rings. The van der Waals surface area contributed by atoms with Gasteiger partial charge in [-0.25, -0.2) is 0 Å². The molecule has 3 nitrogen and oxygen atoms in total. The summed E-state index contributed by atoms with van der Waals surface area (Å²) in [6, 6.07) is 0. The highest BCUT2D eigenvalue weighted by Gasteiger charge is 2.58. The number of likely N-dealkylation sites (tertiary alicyclic amines) is 1. The van der Waals surface area contributed by atoms with Gasteiger partial charge in [-0.2, -0.15) is 0 Å². The fourth-order valence-electron chi connectivity index (χ4n) is 3.27. The van der Waals surface area contributed by atoms with Gasteiger partial charge in [-0.1, -0.05) is 18.2 Å². The van der Waals surface area contributed by atoms with Crippen molar-refractivity contribution in [1.29, 1.82) is 0 Å². The molecule has 15 heavy (non-hydrogen) atoms. The van der Waals surface area contributed by atoms with Crippen LogP contribution in [0.25, 0.3) is 0 Å². The average Bonchev–Trinajstić information content (AvgIpc) is 2.87. The van der Waals surface area contributed by atoms with Crippen molar-refractivity contribution in [2.75, 3.05) is 6.54 Å². The fraction of sp³-hybridized carbons (Fsp3) is 0.500. The van der Waals surface area contributed by atoms with Gasteiger partial charge in [0.1, 0.15) is 0 Å². The van der Waals surface area contributed by atoms with Crippen molar-refractivity contribution >= 4 is 11.8 Å². The summed E-state index contributed by atoms with van der Waals surface area (Å²) >= 11 is 0. The Labute approximate surface area is 88.4 Å². The molecule has 78 valence electrons. The molecule has 0 radical (unpaired) electrons. The van der Waals surface area contributed by atoms with Crippen molar-refractivity contribution in [3.63, 3.8) is 0 Å². The first-order chi connectivity index (χ1) is 7.24. The van der Waals surface area contributed by atoms with Gasteiger partial charge in [-0.3, -0.25) is 14.5 Å². The van der Waals surface area contributed by atoms with Gasteiger partial charge >= 0.3 is 0 Å². The highest BCUT2D eigenvalue weighted by atomic mass is 16.2. The van der Waals surface area contributed by atoms with E-state index in [0.29, 0.717) is 18.4 Å². The molecule has 0 aromatic heterocycles. The van der Waals surface area contributed by atoms with Crippen LogP contribution in [0, 0.1) is 23.7 Å². The van der Waals surface area contributed by atoms with E-state index in [9.17, 15) is 9.59 Å². The number of allylic oxidation sites excluding steroid dienone is 2. The van der Waals surface area contributed by atoms with Gasteiger partial charge in [0.05, 0.1) is 11.8 Å². The fourth-order valence-corrected chi connectivity index (χ4v) is 3.27. The molecule has 4 atom stereocenters. The van der Waals surface area contributed by atoms with Crippen molar-refractivity contribution in [2.45, 2.75) is 6.42 Å². The minimum atomic E-state index is -0.0625. The van der Waals surface area contributed by atoms with Crippen molar-refractivity contribution in [2.24, 2.45) is 23.7 Å². The van der Waals surface area contributed by atoms with Gasteiger partial charge in [0, 0.05) is 6.54 Å². The number of hydrogen-bond acceptors (Lipinski definition) is 2. The van der Waals surface area contributed by atoms with Crippen LogP contribution in [0.2, 0.25) is 0 Å². The molecule has 0 spiro atoms. The molecule has 2 bridgehead atoms. The standard InChI is InChI=1S/C12H13NO2/c1-2-5-13-11(14)9-7-3-4-8(6-7)10(9)12(13)15/h2-4,7-10H,1,5-6H2/t7-,8+,9-,10+. The lowest BCUT2D eigenvalue weighted by atomic mass is 9.85. The van der Waals surface area contributed by atoms with Crippen LogP contribution in [-0.2, 0) is 9.59 Å². The Bertz CT molecular complexity index is 355. The van der Waals surface area contributed by atoms with Gasteiger partial charge in [0.25, 0.3) is 0 Å². The second-order valence-electron chi connectivity index (χ2n) is 4.58. The number of carbonyl (C=O) groups is 2. The minimum Gasteiger partial charge on any atom is -0.278 e. The summed E-state index contributed by atoms with van der Waals surface area (Å²) in [6.07, 6.45) is 6.82. The lowest BCUT2D eigenvalue weighted by Gasteiger charge is -2.14. The molecule has 1 heterocycles.